The zero-order valence-electron chi connectivity index (χ0n) is 16.9. The first-order valence-electron chi connectivity index (χ1n) is 10.8. The lowest BCUT2D eigenvalue weighted by atomic mass is 9.95. The lowest BCUT2D eigenvalue weighted by Gasteiger charge is -2.38. The number of ether oxygens (including phenoxy) is 1. The lowest BCUT2D eigenvalue weighted by molar-refractivity contribution is -0.149. The molecular weight excluding hydrogens is 370 g/mol. The molecule has 0 radical (unpaired) electrons. The van der Waals surface area contributed by atoms with E-state index in [2.05, 4.69) is 10.2 Å². The number of morpholine rings is 1. The molecule has 2 N–H and O–H groups in total. The van der Waals surface area contributed by atoms with Crippen molar-refractivity contribution in [3.05, 3.63) is 29.8 Å². The van der Waals surface area contributed by atoms with Crippen LogP contribution in [0.25, 0.3) is 0 Å². The number of hydrogen-bond acceptors (Lipinski definition) is 5. The average molecular weight is 402 g/mol. The third-order valence-electron chi connectivity index (χ3n) is 6.24. The molecule has 1 aromatic carbocycles. The summed E-state index contributed by atoms with van der Waals surface area (Å²) in [5.74, 6) is 1.46. The van der Waals surface area contributed by atoms with E-state index in [1.807, 2.05) is 4.90 Å². The van der Waals surface area contributed by atoms with Crippen LogP contribution in [0.2, 0.25) is 0 Å². The zero-order valence-corrected chi connectivity index (χ0v) is 16.9. The van der Waals surface area contributed by atoms with Crippen LogP contribution < -0.4 is 5.32 Å². The number of amides is 2. The van der Waals surface area contributed by atoms with Crippen LogP contribution in [-0.4, -0.2) is 78.7 Å². The topological polar surface area (TPSA) is 82.1 Å². The van der Waals surface area contributed by atoms with Crippen LogP contribution >= 0.6 is 0 Å². The summed E-state index contributed by atoms with van der Waals surface area (Å²) in [7, 11) is 0. The largest absolute Gasteiger partial charge is 0.508 e. The monoisotopic (exact) mass is 401 g/mol. The molecule has 0 aromatic heterocycles. The van der Waals surface area contributed by atoms with Crippen LogP contribution in [0.5, 0.6) is 5.75 Å². The van der Waals surface area contributed by atoms with E-state index in [-0.39, 0.29) is 30.3 Å². The molecule has 7 heteroatoms. The third kappa shape index (κ3) is 5.70. The summed E-state index contributed by atoms with van der Waals surface area (Å²) in [6, 6.07) is 6.14. The van der Waals surface area contributed by atoms with Gasteiger partial charge in [0.05, 0.1) is 6.10 Å². The van der Waals surface area contributed by atoms with E-state index in [0.717, 1.165) is 38.4 Å². The number of carbonyl (C=O) groups excluding carboxylic acids is 2. The van der Waals surface area contributed by atoms with Gasteiger partial charge in [-0.05, 0) is 74.9 Å². The van der Waals surface area contributed by atoms with Gasteiger partial charge in [0.15, 0.2) is 0 Å². The van der Waals surface area contributed by atoms with Crippen molar-refractivity contribution in [2.75, 3.05) is 45.9 Å². The summed E-state index contributed by atoms with van der Waals surface area (Å²) in [5.41, 5.74) is 0.490. The Bertz CT molecular complexity index is 711. The van der Waals surface area contributed by atoms with Gasteiger partial charge in [0, 0.05) is 31.7 Å². The number of benzene rings is 1. The minimum Gasteiger partial charge on any atom is -0.508 e. The SMILES string of the molecule is O=C(NC[C@H]1CN(CC2CCN(CC3CC3)CC2)C(=O)CO1)c1ccc(O)cc1. The summed E-state index contributed by atoms with van der Waals surface area (Å²) in [5, 5.41) is 12.2. The van der Waals surface area contributed by atoms with Gasteiger partial charge in [-0.25, -0.2) is 0 Å². The maximum absolute atomic E-state index is 12.3. The van der Waals surface area contributed by atoms with Crippen molar-refractivity contribution in [1.29, 1.82) is 0 Å². The zero-order chi connectivity index (χ0) is 20.2. The molecule has 29 heavy (non-hydrogen) atoms. The summed E-state index contributed by atoms with van der Waals surface area (Å²) < 4.78 is 5.63. The van der Waals surface area contributed by atoms with Crippen LogP contribution in [0.15, 0.2) is 24.3 Å². The number of nitrogens with zero attached hydrogens (tertiary/aromatic N) is 2. The summed E-state index contributed by atoms with van der Waals surface area (Å²) in [6.45, 7) is 5.31. The molecule has 158 valence electrons. The quantitative estimate of drug-likeness (QED) is 0.723. The molecule has 1 aliphatic carbocycles. The maximum Gasteiger partial charge on any atom is 0.251 e. The van der Waals surface area contributed by atoms with Gasteiger partial charge in [-0.1, -0.05) is 0 Å². The van der Waals surface area contributed by atoms with E-state index in [1.165, 1.54) is 31.5 Å². The predicted octanol–water partition coefficient (Wildman–Crippen LogP) is 1.47. The van der Waals surface area contributed by atoms with Crippen LogP contribution in [0.1, 0.15) is 36.0 Å². The van der Waals surface area contributed by atoms with Gasteiger partial charge in [-0.15, -0.1) is 0 Å². The predicted molar refractivity (Wildman–Crippen MR) is 109 cm³/mol. The maximum atomic E-state index is 12.3. The molecule has 0 unspecified atom stereocenters. The highest BCUT2D eigenvalue weighted by atomic mass is 16.5. The summed E-state index contributed by atoms with van der Waals surface area (Å²) in [6.07, 6.45) is 4.91. The third-order valence-corrected chi connectivity index (χ3v) is 6.24. The standard InChI is InChI=1S/C22H31N3O4/c26-19-5-3-18(4-6-19)22(28)23-11-20-14-25(21(27)15-29-20)13-17-7-9-24(10-8-17)12-16-1-2-16/h3-6,16-17,20,26H,1-2,7-15H2,(H,23,28)/t20-/m0/s1. The van der Waals surface area contributed by atoms with E-state index < -0.39 is 0 Å². The van der Waals surface area contributed by atoms with Gasteiger partial charge in [0.2, 0.25) is 5.91 Å². The molecule has 3 aliphatic rings. The van der Waals surface area contributed by atoms with E-state index in [0.29, 0.717) is 24.6 Å². The van der Waals surface area contributed by atoms with Crippen LogP contribution in [0.3, 0.4) is 0 Å². The van der Waals surface area contributed by atoms with Gasteiger partial charge in [0.1, 0.15) is 12.4 Å². The van der Waals surface area contributed by atoms with Crippen molar-refractivity contribution < 1.29 is 19.4 Å². The molecule has 1 saturated carbocycles. The number of nitrogens with one attached hydrogen (secondary N) is 1. The first kappa shape index (κ1) is 20.2. The van der Waals surface area contributed by atoms with E-state index >= 15 is 0 Å². The molecule has 3 fully saturated rings. The molecule has 2 saturated heterocycles. The fourth-order valence-corrected chi connectivity index (χ4v) is 4.23. The number of hydrogen-bond donors (Lipinski definition) is 2. The molecule has 2 heterocycles. The van der Waals surface area contributed by atoms with Crippen LogP contribution in [-0.2, 0) is 9.53 Å². The molecule has 7 nitrogen and oxygen atoms in total. The second kappa shape index (κ2) is 9.13. The minimum absolute atomic E-state index is 0.0477. The average Bonchev–Trinajstić information content (AvgIpc) is 3.54. The summed E-state index contributed by atoms with van der Waals surface area (Å²) in [4.78, 5) is 29.0. The second-order valence-corrected chi connectivity index (χ2v) is 8.68. The Morgan fingerprint density at radius 3 is 2.45 bits per heavy atom. The number of phenols is 1. The Labute approximate surface area is 172 Å². The Morgan fingerprint density at radius 1 is 1.07 bits per heavy atom. The Kier molecular flexibility index (Phi) is 6.35. The number of phenolic OH excluding ortho intramolecular Hbond substituents is 1. The van der Waals surface area contributed by atoms with Crippen molar-refractivity contribution in [1.82, 2.24) is 15.1 Å². The summed E-state index contributed by atoms with van der Waals surface area (Å²) >= 11 is 0. The molecule has 2 aliphatic heterocycles. The van der Waals surface area contributed by atoms with Gasteiger partial charge >= 0.3 is 0 Å². The number of likely N-dealkylation sites (tertiary alicyclic amines) is 1. The van der Waals surface area contributed by atoms with Crippen molar-refractivity contribution in [2.45, 2.75) is 31.8 Å². The molecule has 1 aromatic rings. The molecule has 0 spiro atoms. The van der Waals surface area contributed by atoms with Gasteiger partial charge in [-0.2, -0.15) is 0 Å². The number of carbonyl (C=O) groups is 2. The van der Waals surface area contributed by atoms with Crippen molar-refractivity contribution in [3.63, 3.8) is 0 Å². The van der Waals surface area contributed by atoms with Crippen molar-refractivity contribution in [3.8, 4) is 5.75 Å². The van der Waals surface area contributed by atoms with Crippen molar-refractivity contribution >= 4 is 11.8 Å². The minimum atomic E-state index is -0.208. The van der Waals surface area contributed by atoms with E-state index in [4.69, 9.17) is 4.74 Å². The van der Waals surface area contributed by atoms with E-state index in [1.54, 1.807) is 12.1 Å². The Hall–Kier alpha value is -2.12. The smallest absolute Gasteiger partial charge is 0.251 e. The van der Waals surface area contributed by atoms with Crippen LogP contribution in [0, 0.1) is 11.8 Å². The van der Waals surface area contributed by atoms with Gasteiger partial charge in [-0.3, -0.25) is 9.59 Å². The fourth-order valence-electron chi connectivity index (χ4n) is 4.23. The highest BCUT2D eigenvalue weighted by Gasteiger charge is 2.31. The molecular formula is C22H31N3O4. The Balaban J connectivity index is 1.21. The first-order chi connectivity index (χ1) is 14.1. The molecule has 2 amide bonds. The van der Waals surface area contributed by atoms with Gasteiger partial charge in [0.25, 0.3) is 5.91 Å². The fraction of sp³-hybridized carbons (Fsp3) is 0.636. The van der Waals surface area contributed by atoms with Crippen molar-refractivity contribution in [2.24, 2.45) is 11.8 Å². The van der Waals surface area contributed by atoms with Gasteiger partial charge < -0.3 is 25.0 Å². The normalized spacial score (nSPS) is 23.9. The highest BCUT2D eigenvalue weighted by molar-refractivity contribution is 5.94. The highest BCUT2D eigenvalue weighted by Crippen LogP contribution is 2.31. The lowest BCUT2D eigenvalue weighted by Crippen LogP contribution is -2.52. The van der Waals surface area contributed by atoms with Crippen LogP contribution in [0.4, 0.5) is 0 Å². The molecule has 1 atom stereocenters. The second-order valence-electron chi connectivity index (χ2n) is 8.68. The van der Waals surface area contributed by atoms with E-state index in [9.17, 15) is 14.7 Å². The number of rotatable bonds is 7. The number of aromatic hydroxyl groups is 1. The Morgan fingerprint density at radius 2 is 1.76 bits per heavy atom. The number of piperidine rings is 1. The first-order valence-corrected chi connectivity index (χ1v) is 10.8. The molecule has 4 rings (SSSR count). The molecule has 0 bridgehead atoms.